The Hall–Kier alpha value is -0.670. The van der Waals surface area contributed by atoms with E-state index in [2.05, 4.69) is 36.0 Å². The maximum Gasteiger partial charge on any atom is 0.119 e. The minimum atomic E-state index is 0.183. The van der Waals surface area contributed by atoms with Gasteiger partial charge in [0.1, 0.15) is 5.75 Å². The van der Waals surface area contributed by atoms with Gasteiger partial charge in [-0.1, -0.05) is 12.1 Å². The summed E-state index contributed by atoms with van der Waals surface area (Å²) in [6, 6.07) is 8.61. The van der Waals surface area contributed by atoms with E-state index in [0.29, 0.717) is 6.10 Å². The van der Waals surface area contributed by atoms with Gasteiger partial charge in [-0.15, -0.1) is 0 Å². The quantitative estimate of drug-likeness (QED) is 0.890. The molecule has 19 heavy (non-hydrogen) atoms. The third-order valence-electron chi connectivity index (χ3n) is 4.06. The van der Waals surface area contributed by atoms with Crippen LogP contribution in [0.5, 0.6) is 5.75 Å². The van der Waals surface area contributed by atoms with Gasteiger partial charge in [0.25, 0.3) is 0 Å². The van der Waals surface area contributed by atoms with Crippen molar-refractivity contribution >= 4 is 11.8 Å². The summed E-state index contributed by atoms with van der Waals surface area (Å²) in [6.07, 6.45) is 6.69. The Labute approximate surface area is 120 Å². The van der Waals surface area contributed by atoms with Gasteiger partial charge in [-0.25, -0.2) is 0 Å². The van der Waals surface area contributed by atoms with Crippen LogP contribution < -0.4 is 10.5 Å². The van der Waals surface area contributed by atoms with Gasteiger partial charge in [-0.2, -0.15) is 11.8 Å². The van der Waals surface area contributed by atoms with Crippen LogP contribution in [0.25, 0.3) is 0 Å². The van der Waals surface area contributed by atoms with E-state index in [1.54, 1.807) is 0 Å². The lowest BCUT2D eigenvalue weighted by Crippen LogP contribution is -2.18. The molecule has 0 bridgehead atoms. The van der Waals surface area contributed by atoms with Crippen LogP contribution in [0, 0.1) is 5.92 Å². The van der Waals surface area contributed by atoms with Crippen molar-refractivity contribution in [3.05, 3.63) is 29.8 Å². The van der Waals surface area contributed by atoms with E-state index < -0.39 is 0 Å². The van der Waals surface area contributed by atoms with Crippen LogP contribution in [0.4, 0.5) is 0 Å². The second kappa shape index (κ2) is 6.19. The van der Waals surface area contributed by atoms with Crippen LogP contribution in [0.2, 0.25) is 0 Å². The number of thioether (sulfide) groups is 1. The van der Waals surface area contributed by atoms with Gasteiger partial charge in [0.2, 0.25) is 0 Å². The second-order valence-electron chi connectivity index (χ2n) is 5.78. The van der Waals surface area contributed by atoms with Crippen molar-refractivity contribution in [3.8, 4) is 5.75 Å². The van der Waals surface area contributed by atoms with Crippen LogP contribution in [0.3, 0.4) is 0 Å². The fraction of sp³-hybridized carbons (Fsp3) is 0.625. The highest BCUT2D eigenvalue weighted by molar-refractivity contribution is 7.99. The summed E-state index contributed by atoms with van der Waals surface area (Å²) in [7, 11) is 0. The van der Waals surface area contributed by atoms with Gasteiger partial charge in [0.15, 0.2) is 0 Å². The lowest BCUT2D eigenvalue weighted by Gasteiger charge is -2.24. The van der Waals surface area contributed by atoms with E-state index in [-0.39, 0.29) is 6.04 Å². The molecular formula is C16H23NOS. The van der Waals surface area contributed by atoms with Crippen LogP contribution in [-0.4, -0.2) is 17.6 Å². The van der Waals surface area contributed by atoms with Crippen LogP contribution in [0.15, 0.2) is 24.3 Å². The highest BCUT2D eigenvalue weighted by atomic mass is 32.2. The molecule has 1 unspecified atom stereocenters. The molecule has 3 heteroatoms. The minimum absolute atomic E-state index is 0.183. The molecule has 0 amide bonds. The maximum absolute atomic E-state index is 6.34. The number of rotatable bonds is 5. The first-order valence-electron chi connectivity index (χ1n) is 7.41. The molecule has 2 fully saturated rings. The summed E-state index contributed by atoms with van der Waals surface area (Å²) in [5.74, 6) is 4.43. The maximum atomic E-state index is 6.34. The zero-order chi connectivity index (χ0) is 13.1. The first kappa shape index (κ1) is 13.3. The van der Waals surface area contributed by atoms with Gasteiger partial charge in [0, 0.05) is 6.04 Å². The number of ether oxygens (including phenoxy) is 1. The first-order valence-corrected chi connectivity index (χ1v) is 8.56. The topological polar surface area (TPSA) is 35.2 Å². The Kier molecular flexibility index (Phi) is 4.34. The van der Waals surface area contributed by atoms with Crippen LogP contribution >= 0.6 is 11.8 Å². The van der Waals surface area contributed by atoms with Crippen molar-refractivity contribution in [2.24, 2.45) is 11.7 Å². The molecule has 0 radical (unpaired) electrons. The van der Waals surface area contributed by atoms with Crippen molar-refractivity contribution in [1.29, 1.82) is 0 Å². The van der Waals surface area contributed by atoms with E-state index in [1.807, 2.05) is 0 Å². The Balaban J connectivity index is 1.54. The molecule has 1 aliphatic heterocycles. The third kappa shape index (κ3) is 3.90. The highest BCUT2D eigenvalue weighted by Crippen LogP contribution is 2.31. The normalized spacial score (nSPS) is 22.2. The first-order chi connectivity index (χ1) is 9.31. The predicted octanol–water partition coefficient (Wildman–Crippen LogP) is 3.76. The van der Waals surface area contributed by atoms with Gasteiger partial charge < -0.3 is 10.5 Å². The lowest BCUT2D eigenvalue weighted by molar-refractivity contribution is 0.303. The number of hydrogen-bond acceptors (Lipinski definition) is 3. The summed E-state index contributed by atoms with van der Waals surface area (Å²) in [4.78, 5) is 0. The third-order valence-corrected chi connectivity index (χ3v) is 5.11. The van der Waals surface area contributed by atoms with Crippen LogP contribution in [0.1, 0.15) is 43.7 Å². The Morgan fingerprint density at radius 1 is 1.11 bits per heavy atom. The fourth-order valence-electron chi connectivity index (χ4n) is 2.65. The molecule has 2 nitrogen and oxygen atoms in total. The average Bonchev–Trinajstić information content (AvgIpc) is 3.25. The van der Waals surface area contributed by atoms with E-state index in [4.69, 9.17) is 10.5 Å². The van der Waals surface area contributed by atoms with Gasteiger partial charge in [-0.05, 0) is 67.2 Å². The highest BCUT2D eigenvalue weighted by Gasteiger charge is 2.23. The van der Waals surface area contributed by atoms with Crippen molar-refractivity contribution in [2.45, 2.75) is 44.2 Å². The van der Waals surface area contributed by atoms with E-state index in [9.17, 15) is 0 Å². The van der Waals surface area contributed by atoms with Crippen LogP contribution in [-0.2, 0) is 0 Å². The molecule has 1 atom stereocenters. The number of nitrogens with two attached hydrogens (primary N) is 1. The molecule has 1 heterocycles. The predicted molar refractivity (Wildman–Crippen MR) is 81.7 cm³/mol. The second-order valence-corrected chi connectivity index (χ2v) is 7.01. The monoisotopic (exact) mass is 277 g/mol. The lowest BCUT2D eigenvalue weighted by atomic mass is 9.91. The number of hydrogen-bond donors (Lipinski definition) is 1. The van der Waals surface area contributed by atoms with Gasteiger partial charge in [-0.3, -0.25) is 0 Å². The summed E-state index contributed by atoms with van der Waals surface area (Å²) < 4.78 is 5.77. The molecular weight excluding hydrogens is 254 g/mol. The molecule has 2 aliphatic rings. The molecule has 104 valence electrons. The number of benzene rings is 1. The van der Waals surface area contributed by atoms with E-state index in [1.165, 1.54) is 42.8 Å². The summed E-state index contributed by atoms with van der Waals surface area (Å²) in [6.45, 7) is 0. The standard InChI is InChI=1S/C16H23NOS/c17-16(11-12-7-9-19-10-8-12)13-1-3-14(4-2-13)18-15-5-6-15/h1-4,12,15-16H,5-11,17H2. The summed E-state index contributed by atoms with van der Waals surface area (Å²) in [5.41, 5.74) is 7.59. The molecule has 0 spiro atoms. The largest absolute Gasteiger partial charge is 0.490 e. The Morgan fingerprint density at radius 3 is 2.42 bits per heavy atom. The molecule has 1 aromatic rings. The Morgan fingerprint density at radius 2 is 1.79 bits per heavy atom. The van der Waals surface area contributed by atoms with Crippen molar-refractivity contribution in [3.63, 3.8) is 0 Å². The minimum Gasteiger partial charge on any atom is -0.490 e. The SMILES string of the molecule is NC(CC1CCSCC1)c1ccc(OC2CC2)cc1. The van der Waals surface area contributed by atoms with Gasteiger partial charge in [0.05, 0.1) is 6.10 Å². The van der Waals surface area contributed by atoms with Crippen molar-refractivity contribution in [2.75, 3.05) is 11.5 Å². The molecule has 1 saturated carbocycles. The molecule has 1 aromatic carbocycles. The van der Waals surface area contributed by atoms with E-state index in [0.717, 1.165) is 18.1 Å². The Bertz CT molecular complexity index is 396. The summed E-state index contributed by atoms with van der Waals surface area (Å²) >= 11 is 2.08. The zero-order valence-corrected chi connectivity index (χ0v) is 12.2. The smallest absolute Gasteiger partial charge is 0.119 e. The molecule has 1 aliphatic carbocycles. The molecule has 2 N–H and O–H groups in total. The van der Waals surface area contributed by atoms with Gasteiger partial charge >= 0.3 is 0 Å². The molecule has 1 saturated heterocycles. The zero-order valence-electron chi connectivity index (χ0n) is 11.4. The van der Waals surface area contributed by atoms with Crippen molar-refractivity contribution < 1.29 is 4.74 Å². The van der Waals surface area contributed by atoms with Crippen molar-refractivity contribution in [1.82, 2.24) is 0 Å². The molecule has 0 aromatic heterocycles. The summed E-state index contributed by atoms with van der Waals surface area (Å²) in [5, 5.41) is 0. The van der Waals surface area contributed by atoms with E-state index >= 15 is 0 Å². The fourth-order valence-corrected chi connectivity index (χ4v) is 3.85. The molecule has 3 rings (SSSR count). The average molecular weight is 277 g/mol.